The van der Waals surface area contributed by atoms with Crippen molar-refractivity contribution in [3.05, 3.63) is 18.5 Å². The van der Waals surface area contributed by atoms with Gasteiger partial charge in [-0.2, -0.15) is 5.10 Å². The third-order valence-corrected chi connectivity index (χ3v) is 3.66. The summed E-state index contributed by atoms with van der Waals surface area (Å²) in [6, 6.07) is 1.87. The molecule has 0 aromatic carbocycles. The number of carbonyl (C=O) groups excluding carboxylic acids is 2. The van der Waals surface area contributed by atoms with Crippen LogP contribution in [0.25, 0.3) is 0 Å². The average Bonchev–Trinajstić information content (AvgIpc) is 2.99. The molecule has 124 valence electrons. The highest BCUT2D eigenvalue weighted by Gasteiger charge is 2.41. The van der Waals surface area contributed by atoms with Crippen molar-refractivity contribution in [2.45, 2.75) is 38.3 Å². The number of rotatable bonds is 5. The lowest BCUT2D eigenvalue weighted by molar-refractivity contribution is -0.134. The van der Waals surface area contributed by atoms with Crippen LogP contribution in [-0.4, -0.2) is 47.3 Å². The van der Waals surface area contributed by atoms with Gasteiger partial charge in [0.15, 0.2) is 0 Å². The molecule has 22 heavy (non-hydrogen) atoms. The fraction of sp³-hybridized carbons (Fsp3) is 0.643. The van der Waals surface area contributed by atoms with Crippen molar-refractivity contribution < 1.29 is 9.59 Å². The van der Waals surface area contributed by atoms with Crippen LogP contribution in [-0.2, 0) is 15.1 Å². The fourth-order valence-corrected chi connectivity index (χ4v) is 2.62. The predicted molar refractivity (Wildman–Crippen MR) is 85.8 cm³/mol. The largest absolute Gasteiger partial charge is 0.352 e. The summed E-state index contributed by atoms with van der Waals surface area (Å²) in [6.07, 6.45) is 4.79. The maximum atomic E-state index is 12.6. The molecule has 8 heteroatoms. The number of hydrogen-bond acceptors (Lipinski definition) is 4. The molecule has 1 saturated heterocycles. The van der Waals surface area contributed by atoms with E-state index >= 15 is 0 Å². The van der Waals surface area contributed by atoms with Gasteiger partial charge in [-0.3, -0.25) is 14.3 Å². The Kier molecular flexibility index (Phi) is 6.83. The molecule has 0 saturated carbocycles. The second-order valence-corrected chi connectivity index (χ2v) is 5.64. The molecule has 0 unspecified atom stereocenters. The molecule has 2 heterocycles. The summed E-state index contributed by atoms with van der Waals surface area (Å²) in [5.74, 6) is -0.325. The summed E-state index contributed by atoms with van der Waals surface area (Å²) >= 11 is 0. The molecule has 1 fully saturated rings. The van der Waals surface area contributed by atoms with Crippen LogP contribution in [0.2, 0.25) is 0 Å². The molecule has 0 spiro atoms. The molecule has 1 aliphatic heterocycles. The summed E-state index contributed by atoms with van der Waals surface area (Å²) in [7, 11) is 0. The van der Waals surface area contributed by atoms with Crippen molar-refractivity contribution in [1.29, 1.82) is 0 Å². The molecule has 2 rings (SSSR count). The van der Waals surface area contributed by atoms with E-state index in [4.69, 9.17) is 0 Å². The van der Waals surface area contributed by atoms with Crippen molar-refractivity contribution in [2.24, 2.45) is 0 Å². The van der Waals surface area contributed by atoms with E-state index in [1.54, 1.807) is 17.1 Å². The van der Waals surface area contributed by atoms with Gasteiger partial charge in [-0.05, 0) is 45.8 Å². The number of hydrogen-bond donors (Lipinski definition) is 3. The Morgan fingerprint density at radius 1 is 1.36 bits per heavy atom. The van der Waals surface area contributed by atoms with Crippen molar-refractivity contribution in [2.75, 3.05) is 19.6 Å². The second kappa shape index (κ2) is 8.14. The number of halogens is 1. The Hall–Kier alpha value is -1.60. The van der Waals surface area contributed by atoms with E-state index in [0.717, 1.165) is 13.1 Å². The van der Waals surface area contributed by atoms with Crippen LogP contribution in [0, 0.1) is 0 Å². The van der Waals surface area contributed by atoms with Crippen molar-refractivity contribution in [3.8, 4) is 0 Å². The summed E-state index contributed by atoms with van der Waals surface area (Å²) < 4.78 is 1.71. The highest BCUT2D eigenvalue weighted by Crippen LogP contribution is 2.26. The van der Waals surface area contributed by atoms with E-state index in [0.29, 0.717) is 12.8 Å². The third kappa shape index (κ3) is 4.20. The first-order chi connectivity index (χ1) is 10.0. The molecule has 0 aliphatic carbocycles. The Balaban J connectivity index is 0.00000242. The van der Waals surface area contributed by atoms with Crippen molar-refractivity contribution in [1.82, 2.24) is 25.7 Å². The van der Waals surface area contributed by atoms with Gasteiger partial charge in [0, 0.05) is 18.4 Å². The van der Waals surface area contributed by atoms with E-state index in [1.165, 1.54) is 0 Å². The number of piperidine rings is 1. The van der Waals surface area contributed by atoms with Gasteiger partial charge in [0.25, 0.3) is 0 Å². The maximum absolute atomic E-state index is 12.6. The molecule has 7 nitrogen and oxygen atoms in total. The number of carbonyl (C=O) groups is 2. The topological polar surface area (TPSA) is 88.1 Å². The first-order valence-corrected chi connectivity index (χ1v) is 7.33. The zero-order chi connectivity index (χ0) is 15.3. The maximum Gasteiger partial charge on any atom is 0.248 e. The Morgan fingerprint density at radius 3 is 2.59 bits per heavy atom. The summed E-state index contributed by atoms with van der Waals surface area (Å²) in [5.41, 5.74) is -0.702. The van der Waals surface area contributed by atoms with Crippen LogP contribution < -0.4 is 16.0 Å². The lowest BCUT2D eigenvalue weighted by Crippen LogP contribution is -2.56. The first-order valence-electron chi connectivity index (χ1n) is 7.33. The van der Waals surface area contributed by atoms with Crippen LogP contribution >= 0.6 is 12.4 Å². The highest BCUT2D eigenvalue weighted by molar-refractivity contribution is 5.89. The lowest BCUT2D eigenvalue weighted by atomic mass is 9.87. The normalized spacial score (nSPS) is 16.7. The smallest absolute Gasteiger partial charge is 0.248 e. The van der Waals surface area contributed by atoms with E-state index in [-0.39, 0.29) is 36.8 Å². The van der Waals surface area contributed by atoms with E-state index < -0.39 is 5.54 Å². The molecule has 0 bridgehead atoms. The van der Waals surface area contributed by atoms with Gasteiger partial charge in [0.1, 0.15) is 5.54 Å². The van der Waals surface area contributed by atoms with E-state index in [2.05, 4.69) is 21.0 Å². The second-order valence-electron chi connectivity index (χ2n) is 5.64. The fourth-order valence-electron chi connectivity index (χ4n) is 2.62. The highest BCUT2D eigenvalue weighted by atomic mass is 35.5. The van der Waals surface area contributed by atoms with E-state index in [1.807, 2.05) is 19.9 Å². The van der Waals surface area contributed by atoms with Crippen LogP contribution in [0.4, 0.5) is 0 Å². The Bertz CT molecular complexity index is 483. The van der Waals surface area contributed by atoms with Gasteiger partial charge in [-0.1, -0.05) is 0 Å². The summed E-state index contributed by atoms with van der Waals surface area (Å²) in [5, 5.41) is 13.0. The van der Waals surface area contributed by atoms with Crippen molar-refractivity contribution >= 4 is 24.2 Å². The number of nitrogens with one attached hydrogen (secondary N) is 3. The average molecular weight is 330 g/mol. The van der Waals surface area contributed by atoms with E-state index in [9.17, 15) is 9.59 Å². The standard InChI is InChI=1S/C14H23N5O2.ClH/c1-11(2)18-12(20)10-16-13(21)14(4-7-15-8-5-14)19-9-3-6-17-19;/h3,6,9,11,15H,4-5,7-8,10H2,1-2H3,(H,16,21)(H,18,20);1H. The minimum atomic E-state index is -0.702. The molecule has 1 aromatic heterocycles. The molecule has 3 N–H and O–H groups in total. The molecule has 0 atom stereocenters. The zero-order valence-corrected chi connectivity index (χ0v) is 13.8. The number of aromatic nitrogens is 2. The molecule has 1 aromatic rings. The van der Waals surface area contributed by atoms with Gasteiger partial charge in [0.05, 0.1) is 6.54 Å². The Labute approximate surface area is 136 Å². The zero-order valence-electron chi connectivity index (χ0n) is 13.0. The van der Waals surface area contributed by atoms with Crippen LogP contribution in [0.3, 0.4) is 0 Å². The van der Waals surface area contributed by atoms with Gasteiger partial charge < -0.3 is 16.0 Å². The molecule has 0 radical (unpaired) electrons. The monoisotopic (exact) mass is 329 g/mol. The van der Waals surface area contributed by atoms with Gasteiger partial charge in [0.2, 0.25) is 11.8 Å². The Morgan fingerprint density at radius 2 is 2.05 bits per heavy atom. The van der Waals surface area contributed by atoms with Gasteiger partial charge in [-0.15, -0.1) is 12.4 Å². The van der Waals surface area contributed by atoms with Gasteiger partial charge >= 0.3 is 0 Å². The number of amides is 2. The molecular formula is C14H24ClN5O2. The minimum absolute atomic E-state index is 0. The quantitative estimate of drug-likeness (QED) is 0.711. The van der Waals surface area contributed by atoms with Crippen LogP contribution in [0.1, 0.15) is 26.7 Å². The summed E-state index contributed by atoms with van der Waals surface area (Å²) in [6.45, 7) is 5.28. The SMILES string of the molecule is CC(C)NC(=O)CNC(=O)C1(n2cccn2)CCNCC1.Cl. The predicted octanol–water partition coefficient (Wildman–Crippen LogP) is 0.0244. The van der Waals surface area contributed by atoms with Crippen molar-refractivity contribution in [3.63, 3.8) is 0 Å². The summed E-state index contributed by atoms with van der Waals surface area (Å²) in [4.78, 5) is 24.3. The molecule has 1 aliphatic rings. The lowest BCUT2D eigenvalue weighted by Gasteiger charge is -2.36. The number of nitrogens with zero attached hydrogens (tertiary/aromatic N) is 2. The van der Waals surface area contributed by atoms with Crippen LogP contribution in [0.15, 0.2) is 18.5 Å². The molecular weight excluding hydrogens is 306 g/mol. The van der Waals surface area contributed by atoms with Gasteiger partial charge in [-0.25, -0.2) is 0 Å². The molecule has 2 amide bonds. The minimum Gasteiger partial charge on any atom is -0.352 e. The van der Waals surface area contributed by atoms with Crippen LogP contribution in [0.5, 0.6) is 0 Å². The third-order valence-electron chi connectivity index (χ3n) is 3.66. The first kappa shape index (κ1) is 18.4.